The van der Waals surface area contributed by atoms with E-state index in [0.29, 0.717) is 29.2 Å². The number of hydrogen-bond acceptors (Lipinski definition) is 4. The third kappa shape index (κ3) is 6.12. The standard InChI is InChI=1S/C31H35ClN4O4/c1-5-26-31(40)36(27-18-22-9-7-8-10-24(22)19(3)29(27)34-28(38)6-2)16-15-35(26)30(39)25(33-20(4)37)17-21-11-13-23(32)14-12-21/h7-14,18,25-26H,5-6,15-17H2,1-4H3,(H,33,37)(H,34,38). The van der Waals surface area contributed by atoms with Crippen molar-refractivity contribution >= 4 is 57.4 Å². The van der Waals surface area contributed by atoms with Crippen LogP contribution in [0.4, 0.5) is 11.4 Å². The molecule has 1 aliphatic rings. The zero-order valence-electron chi connectivity index (χ0n) is 23.3. The van der Waals surface area contributed by atoms with E-state index in [4.69, 9.17) is 11.6 Å². The van der Waals surface area contributed by atoms with E-state index in [2.05, 4.69) is 10.6 Å². The lowest BCUT2D eigenvalue weighted by Gasteiger charge is -2.42. The molecule has 9 heteroatoms. The van der Waals surface area contributed by atoms with Gasteiger partial charge in [-0.1, -0.05) is 61.8 Å². The number of nitrogens with zero attached hydrogens (tertiary/aromatic N) is 2. The quantitative estimate of drug-likeness (QED) is 0.410. The van der Waals surface area contributed by atoms with Crippen molar-refractivity contribution in [2.24, 2.45) is 0 Å². The summed E-state index contributed by atoms with van der Waals surface area (Å²) in [6.45, 7) is 7.49. The molecule has 1 aliphatic heterocycles. The van der Waals surface area contributed by atoms with E-state index < -0.39 is 12.1 Å². The van der Waals surface area contributed by atoms with E-state index in [-0.39, 0.29) is 43.1 Å². The number of carbonyl (C=O) groups excluding carboxylic acids is 4. The normalized spacial score (nSPS) is 16.1. The zero-order valence-corrected chi connectivity index (χ0v) is 24.0. The number of rotatable bonds is 8. The van der Waals surface area contributed by atoms with E-state index >= 15 is 0 Å². The Morgan fingerprint density at radius 3 is 2.40 bits per heavy atom. The highest BCUT2D eigenvalue weighted by molar-refractivity contribution is 6.30. The molecule has 4 amide bonds. The first-order valence-electron chi connectivity index (χ1n) is 13.6. The van der Waals surface area contributed by atoms with Gasteiger partial charge in [0.05, 0.1) is 11.4 Å². The second-order valence-electron chi connectivity index (χ2n) is 10.0. The van der Waals surface area contributed by atoms with E-state index in [1.807, 2.05) is 56.3 Å². The number of carbonyl (C=O) groups is 4. The smallest absolute Gasteiger partial charge is 0.249 e. The molecule has 1 saturated heterocycles. The topological polar surface area (TPSA) is 98.8 Å². The predicted octanol–water partition coefficient (Wildman–Crippen LogP) is 4.85. The van der Waals surface area contributed by atoms with E-state index in [9.17, 15) is 19.2 Å². The molecule has 4 rings (SSSR count). The molecule has 40 heavy (non-hydrogen) atoms. The van der Waals surface area contributed by atoms with Gasteiger partial charge in [-0.2, -0.15) is 0 Å². The fourth-order valence-corrected chi connectivity index (χ4v) is 5.42. The number of hydrogen-bond donors (Lipinski definition) is 2. The molecule has 0 aliphatic carbocycles. The van der Waals surface area contributed by atoms with Crippen LogP contribution in [0.3, 0.4) is 0 Å². The van der Waals surface area contributed by atoms with Crippen LogP contribution in [0.1, 0.15) is 44.7 Å². The fourth-order valence-electron chi connectivity index (χ4n) is 5.30. The number of aryl methyl sites for hydroxylation is 1. The Morgan fingerprint density at radius 1 is 1.05 bits per heavy atom. The van der Waals surface area contributed by atoms with Crippen LogP contribution in [0.2, 0.25) is 5.02 Å². The Balaban J connectivity index is 1.66. The third-order valence-corrected chi connectivity index (χ3v) is 7.61. The molecule has 1 fully saturated rings. The lowest BCUT2D eigenvalue weighted by atomic mass is 9.98. The number of halogens is 1. The first kappa shape index (κ1) is 29.1. The number of piperazine rings is 1. The molecule has 3 aromatic carbocycles. The van der Waals surface area contributed by atoms with Crippen molar-refractivity contribution in [3.63, 3.8) is 0 Å². The Hall–Kier alpha value is -3.91. The van der Waals surface area contributed by atoms with E-state index in [1.54, 1.807) is 28.9 Å². The Bertz CT molecular complexity index is 1440. The molecule has 2 unspecified atom stereocenters. The lowest BCUT2D eigenvalue weighted by molar-refractivity contribution is -0.144. The van der Waals surface area contributed by atoms with Gasteiger partial charge in [0.15, 0.2) is 0 Å². The van der Waals surface area contributed by atoms with Gasteiger partial charge in [0.2, 0.25) is 23.6 Å². The molecule has 3 aromatic rings. The first-order valence-corrected chi connectivity index (χ1v) is 14.0. The van der Waals surface area contributed by atoms with Gasteiger partial charge in [0.25, 0.3) is 0 Å². The van der Waals surface area contributed by atoms with Crippen LogP contribution in [0.5, 0.6) is 0 Å². The fraction of sp³-hybridized carbons (Fsp3) is 0.355. The van der Waals surface area contributed by atoms with Crippen LogP contribution in [0, 0.1) is 6.92 Å². The molecule has 210 valence electrons. The lowest BCUT2D eigenvalue weighted by Crippen LogP contribution is -2.62. The molecule has 8 nitrogen and oxygen atoms in total. The number of anilines is 2. The van der Waals surface area contributed by atoms with Crippen LogP contribution >= 0.6 is 11.6 Å². The minimum Gasteiger partial charge on any atom is -0.344 e. The van der Waals surface area contributed by atoms with Crippen LogP contribution in [-0.4, -0.2) is 53.7 Å². The minimum atomic E-state index is -0.825. The SMILES string of the molecule is CCC(=O)Nc1c(N2CCN(C(=O)C(Cc3ccc(Cl)cc3)NC(C)=O)C(CC)C2=O)cc2ccccc2c1C. The largest absolute Gasteiger partial charge is 0.344 e. The first-order chi connectivity index (χ1) is 19.1. The van der Waals surface area contributed by atoms with Crippen molar-refractivity contribution in [2.45, 2.75) is 59.0 Å². The maximum Gasteiger partial charge on any atom is 0.249 e. The number of amides is 4. The Morgan fingerprint density at radius 2 is 1.75 bits per heavy atom. The van der Waals surface area contributed by atoms with Crippen LogP contribution < -0.4 is 15.5 Å². The number of nitrogens with one attached hydrogen (secondary N) is 2. The molecule has 0 radical (unpaired) electrons. The summed E-state index contributed by atoms with van der Waals surface area (Å²) in [5, 5.41) is 8.31. The van der Waals surface area contributed by atoms with Gasteiger partial charge >= 0.3 is 0 Å². The highest BCUT2D eigenvalue weighted by Gasteiger charge is 2.40. The van der Waals surface area contributed by atoms with Gasteiger partial charge in [0.1, 0.15) is 12.1 Å². The van der Waals surface area contributed by atoms with Gasteiger partial charge in [-0.15, -0.1) is 0 Å². The van der Waals surface area contributed by atoms with E-state index in [0.717, 1.165) is 21.9 Å². The van der Waals surface area contributed by atoms with Gasteiger partial charge in [-0.05, 0) is 53.4 Å². The summed E-state index contributed by atoms with van der Waals surface area (Å²) in [5.74, 6) is -1.00. The van der Waals surface area contributed by atoms with Crippen LogP contribution in [0.15, 0.2) is 54.6 Å². The summed E-state index contributed by atoms with van der Waals surface area (Å²) in [4.78, 5) is 55.5. The van der Waals surface area contributed by atoms with Crippen molar-refractivity contribution in [1.29, 1.82) is 0 Å². The zero-order chi connectivity index (χ0) is 29.0. The van der Waals surface area contributed by atoms with Crippen molar-refractivity contribution in [3.05, 3.63) is 70.7 Å². The summed E-state index contributed by atoms with van der Waals surface area (Å²) >= 11 is 6.01. The second kappa shape index (κ2) is 12.5. The summed E-state index contributed by atoms with van der Waals surface area (Å²) in [6, 6.07) is 15.4. The van der Waals surface area contributed by atoms with Crippen molar-refractivity contribution in [1.82, 2.24) is 10.2 Å². The molecular weight excluding hydrogens is 528 g/mol. The number of benzene rings is 3. The van der Waals surface area contributed by atoms with Gasteiger partial charge in [0, 0.05) is 37.9 Å². The second-order valence-corrected chi connectivity index (χ2v) is 10.5. The van der Waals surface area contributed by atoms with Gasteiger partial charge in [-0.25, -0.2) is 0 Å². The maximum absolute atomic E-state index is 14.0. The molecule has 1 heterocycles. The number of fused-ring (bicyclic) bond motifs is 1. The van der Waals surface area contributed by atoms with Gasteiger partial charge in [-0.3, -0.25) is 19.2 Å². The summed E-state index contributed by atoms with van der Waals surface area (Å²) in [5.41, 5.74) is 2.95. The summed E-state index contributed by atoms with van der Waals surface area (Å²) in [7, 11) is 0. The summed E-state index contributed by atoms with van der Waals surface area (Å²) in [6.07, 6.45) is 0.979. The van der Waals surface area contributed by atoms with Crippen LogP contribution in [-0.2, 0) is 25.6 Å². The van der Waals surface area contributed by atoms with Crippen molar-refractivity contribution < 1.29 is 19.2 Å². The van der Waals surface area contributed by atoms with Crippen LogP contribution in [0.25, 0.3) is 10.8 Å². The van der Waals surface area contributed by atoms with E-state index in [1.165, 1.54) is 6.92 Å². The summed E-state index contributed by atoms with van der Waals surface area (Å²) < 4.78 is 0. The average molecular weight is 563 g/mol. The molecule has 2 N–H and O–H groups in total. The molecule has 0 bridgehead atoms. The van der Waals surface area contributed by atoms with Gasteiger partial charge < -0.3 is 20.4 Å². The predicted molar refractivity (Wildman–Crippen MR) is 159 cm³/mol. The highest BCUT2D eigenvalue weighted by Crippen LogP contribution is 2.37. The molecule has 0 saturated carbocycles. The monoisotopic (exact) mass is 562 g/mol. The van der Waals surface area contributed by atoms with Crippen molar-refractivity contribution in [2.75, 3.05) is 23.3 Å². The molecule has 0 aromatic heterocycles. The minimum absolute atomic E-state index is 0.145. The maximum atomic E-state index is 14.0. The Kier molecular flexibility index (Phi) is 9.10. The highest BCUT2D eigenvalue weighted by atomic mass is 35.5. The molecule has 2 atom stereocenters. The average Bonchev–Trinajstić information content (AvgIpc) is 2.94. The third-order valence-electron chi connectivity index (χ3n) is 7.35. The Labute approximate surface area is 239 Å². The molecule has 0 spiro atoms. The molecular formula is C31H35ClN4O4. The van der Waals surface area contributed by atoms with Crippen molar-refractivity contribution in [3.8, 4) is 0 Å².